The molecule has 0 unspecified atom stereocenters. The molecule has 0 aliphatic carbocycles. The lowest BCUT2D eigenvalue weighted by Gasteiger charge is -2.09. The summed E-state index contributed by atoms with van der Waals surface area (Å²) in [6, 6.07) is 11.9. The molecule has 0 saturated heterocycles. The predicted molar refractivity (Wildman–Crippen MR) is 93.5 cm³/mol. The Morgan fingerprint density at radius 3 is 2.58 bits per heavy atom. The Balaban J connectivity index is 1.79. The molecule has 2 aromatic rings. The first-order valence-electron chi connectivity index (χ1n) is 8.31. The molecule has 0 saturated carbocycles. The molecule has 0 atom stereocenters. The summed E-state index contributed by atoms with van der Waals surface area (Å²) in [4.78, 5) is 23.5. The Hall–Kier alpha value is -2.63. The first kappa shape index (κ1) is 17.7. The van der Waals surface area contributed by atoms with Crippen molar-refractivity contribution in [3.8, 4) is 0 Å². The normalized spacial score (nSPS) is 10.4. The third-order valence-corrected chi connectivity index (χ3v) is 3.59. The molecule has 0 spiro atoms. The van der Waals surface area contributed by atoms with Gasteiger partial charge in [-0.2, -0.15) is 5.10 Å². The third kappa shape index (κ3) is 5.87. The number of nitrogens with zero attached hydrogens (tertiary/aromatic N) is 2. The Morgan fingerprint density at radius 2 is 1.83 bits per heavy atom. The van der Waals surface area contributed by atoms with Crippen LogP contribution in [0, 0.1) is 0 Å². The van der Waals surface area contributed by atoms with E-state index in [1.807, 2.05) is 25.1 Å². The number of anilines is 1. The molecule has 24 heavy (non-hydrogen) atoms. The minimum atomic E-state index is -0.178. The minimum Gasteiger partial charge on any atom is -0.356 e. The fourth-order valence-corrected chi connectivity index (χ4v) is 2.28. The van der Waals surface area contributed by atoms with E-state index in [4.69, 9.17) is 0 Å². The lowest BCUT2D eigenvalue weighted by Crippen LogP contribution is -2.25. The Morgan fingerprint density at radius 1 is 1.08 bits per heavy atom. The van der Waals surface area contributed by atoms with E-state index in [2.05, 4.69) is 27.9 Å². The van der Waals surface area contributed by atoms with Crippen molar-refractivity contribution in [1.29, 1.82) is 0 Å². The number of benzene rings is 1. The highest BCUT2D eigenvalue weighted by Gasteiger charge is 2.09. The van der Waals surface area contributed by atoms with E-state index < -0.39 is 0 Å². The summed E-state index contributed by atoms with van der Waals surface area (Å²) in [7, 11) is 0. The first-order chi connectivity index (χ1) is 11.7. The second kappa shape index (κ2) is 9.50. The van der Waals surface area contributed by atoms with Crippen LogP contribution in [-0.2, 0) is 22.6 Å². The molecule has 0 bridgehead atoms. The van der Waals surface area contributed by atoms with Crippen LogP contribution in [-0.4, -0.2) is 28.1 Å². The minimum absolute atomic E-state index is 0.0930. The molecule has 1 heterocycles. The highest BCUT2D eigenvalue weighted by atomic mass is 16.2. The van der Waals surface area contributed by atoms with E-state index >= 15 is 0 Å². The number of aromatic nitrogens is 2. The Kier molecular flexibility index (Phi) is 7.01. The highest BCUT2D eigenvalue weighted by molar-refractivity contribution is 5.92. The molecule has 2 N–H and O–H groups in total. The highest BCUT2D eigenvalue weighted by Crippen LogP contribution is 2.09. The van der Waals surface area contributed by atoms with E-state index in [0.717, 1.165) is 12.8 Å². The van der Waals surface area contributed by atoms with Gasteiger partial charge in [0.2, 0.25) is 11.8 Å². The summed E-state index contributed by atoms with van der Waals surface area (Å²) in [6.07, 6.45) is 3.75. The summed E-state index contributed by atoms with van der Waals surface area (Å²) < 4.78 is 1.77. The van der Waals surface area contributed by atoms with E-state index in [1.165, 1.54) is 5.56 Å². The van der Waals surface area contributed by atoms with E-state index in [0.29, 0.717) is 18.9 Å². The van der Waals surface area contributed by atoms with Crippen molar-refractivity contribution in [2.45, 2.75) is 39.2 Å². The van der Waals surface area contributed by atoms with Crippen molar-refractivity contribution in [3.63, 3.8) is 0 Å². The smallest absolute Gasteiger partial charge is 0.226 e. The van der Waals surface area contributed by atoms with Crippen LogP contribution in [0.5, 0.6) is 0 Å². The Bertz CT molecular complexity index is 652. The molecular weight excluding hydrogens is 304 g/mol. The summed E-state index contributed by atoms with van der Waals surface area (Å²) in [5.74, 6) is 0.387. The van der Waals surface area contributed by atoms with Crippen LogP contribution in [0.4, 0.5) is 5.82 Å². The van der Waals surface area contributed by atoms with Gasteiger partial charge in [-0.3, -0.25) is 9.59 Å². The van der Waals surface area contributed by atoms with Crippen LogP contribution in [0.1, 0.15) is 31.7 Å². The molecule has 1 aromatic carbocycles. The van der Waals surface area contributed by atoms with Gasteiger partial charge in [-0.05, 0) is 18.4 Å². The molecular formula is C18H24N4O2. The summed E-state index contributed by atoms with van der Waals surface area (Å²) in [5.41, 5.74) is 1.22. The van der Waals surface area contributed by atoms with Gasteiger partial charge in [0.1, 0.15) is 5.82 Å². The largest absolute Gasteiger partial charge is 0.356 e. The van der Waals surface area contributed by atoms with E-state index in [9.17, 15) is 9.59 Å². The van der Waals surface area contributed by atoms with Crippen LogP contribution >= 0.6 is 0 Å². The summed E-state index contributed by atoms with van der Waals surface area (Å²) >= 11 is 0. The average Bonchev–Trinajstić information content (AvgIpc) is 3.04. The van der Waals surface area contributed by atoms with Crippen LogP contribution in [0.25, 0.3) is 0 Å². The molecule has 0 fully saturated rings. The predicted octanol–water partition coefficient (Wildman–Crippen LogP) is 2.37. The van der Waals surface area contributed by atoms with Crippen LogP contribution in [0.15, 0.2) is 42.6 Å². The monoisotopic (exact) mass is 328 g/mol. The first-order valence-corrected chi connectivity index (χ1v) is 8.31. The average molecular weight is 328 g/mol. The van der Waals surface area contributed by atoms with Gasteiger partial charge in [-0.25, -0.2) is 4.68 Å². The number of nitrogens with one attached hydrogen (secondary N) is 2. The van der Waals surface area contributed by atoms with Gasteiger partial charge in [0.15, 0.2) is 0 Å². The quantitative estimate of drug-likeness (QED) is 0.742. The molecule has 1 aromatic heterocycles. The number of hydrogen-bond acceptors (Lipinski definition) is 3. The third-order valence-electron chi connectivity index (χ3n) is 3.59. The number of carbonyl (C=O) groups is 2. The maximum atomic E-state index is 12.0. The van der Waals surface area contributed by atoms with Gasteiger partial charge in [-0.1, -0.05) is 37.3 Å². The van der Waals surface area contributed by atoms with Gasteiger partial charge in [0.25, 0.3) is 0 Å². The van der Waals surface area contributed by atoms with Crippen molar-refractivity contribution < 1.29 is 9.59 Å². The fourth-order valence-electron chi connectivity index (χ4n) is 2.28. The summed E-state index contributed by atoms with van der Waals surface area (Å²) in [6.45, 7) is 3.32. The second-order valence-corrected chi connectivity index (χ2v) is 5.57. The molecule has 2 amide bonds. The van der Waals surface area contributed by atoms with Crippen molar-refractivity contribution in [2.24, 2.45) is 0 Å². The molecule has 6 heteroatoms. The van der Waals surface area contributed by atoms with E-state index in [-0.39, 0.29) is 24.7 Å². The maximum absolute atomic E-state index is 12.0. The fraction of sp³-hybridized carbons (Fsp3) is 0.389. The number of rotatable bonds is 9. The van der Waals surface area contributed by atoms with Crippen molar-refractivity contribution in [1.82, 2.24) is 15.1 Å². The molecule has 6 nitrogen and oxygen atoms in total. The number of aryl methyl sites for hydroxylation is 2. The standard InChI is InChI=1S/C18H24N4O2/c1-2-12-19-17(23)8-9-18(24)21-16-10-13-20-22(16)14-11-15-6-4-3-5-7-15/h3-7,10,13H,2,8-9,11-12,14H2,1H3,(H,19,23)(H,21,24). The van der Waals surface area contributed by atoms with Crippen LogP contribution in [0.3, 0.4) is 0 Å². The Labute approximate surface area is 142 Å². The van der Waals surface area contributed by atoms with E-state index in [1.54, 1.807) is 16.9 Å². The molecule has 2 rings (SSSR count). The zero-order valence-electron chi connectivity index (χ0n) is 14.0. The molecule has 128 valence electrons. The molecule has 0 aliphatic rings. The van der Waals surface area contributed by atoms with Crippen LogP contribution in [0.2, 0.25) is 0 Å². The number of amides is 2. The van der Waals surface area contributed by atoms with Crippen molar-refractivity contribution >= 4 is 17.6 Å². The topological polar surface area (TPSA) is 76.0 Å². The van der Waals surface area contributed by atoms with Crippen molar-refractivity contribution in [2.75, 3.05) is 11.9 Å². The van der Waals surface area contributed by atoms with Gasteiger partial charge in [0, 0.05) is 32.0 Å². The van der Waals surface area contributed by atoms with Gasteiger partial charge >= 0.3 is 0 Å². The summed E-state index contributed by atoms with van der Waals surface area (Å²) in [5, 5.41) is 9.82. The number of carbonyl (C=O) groups excluding carboxylic acids is 2. The van der Waals surface area contributed by atoms with Crippen LogP contribution < -0.4 is 10.6 Å². The van der Waals surface area contributed by atoms with Gasteiger partial charge in [0.05, 0.1) is 6.20 Å². The lowest BCUT2D eigenvalue weighted by molar-refractivity contribution is -0.124. The molecule has 0 aliphatic heterocycles. The second-order valence-electron chi connectivity index (χ2n) is 5.57. The maximum Gasteiger partial charge on any atom is 0.226 e. The molecule has 0 radical (unpaired) electrons. The lowest BCUT2D eigenvalue weighted by atomic mass is 10.1. The number of hydrogen-bond donors (Lipinski definition) is 2. The zero-order valence-corrected chi connectivity index (χ0v) is 14.0. The zero-order chi connectivity index (χ0) is 17.2. The van der Waals surface area contributed by atoms with Gasteiger partial charge < -0.3 is 10.6 Å². The van der Waals surface area contributed by atoms with Crippen molar-refractivity contribution in [3.05, 3.63) is 48.2 Å². The SMILES string of the molecule is CCCNC(=O)CCC(=O)Nc1ccnn1CCc1ccccc1. The van der Waals surface area contributed by atoms with Gasteiger partial charge in [-0.15, -0.1) is 0 Å².